The predicted molar refractivity (Wildman–Crippen MR) is 82.6 cm³/mol. The molecule has 0 unspecified atom stereocenters. The van der Waals surface area contributed by atoms with E-state index in [9.17, 15) is 4.79 Å². The van der Waals surface area contributed by atoms with Gasteiger partial charge in [0.1, 0.15) is 0 Å². The summed E-state index contributed by atoms with van der Waals surface area (Å²) in [5, 5.41) is 3.21. The molecule has 1 aliphatic rings. The van der Waals surface area contributed by atoms with Gasteiger partial charge < -0.3 is 11.1 Å². The van der Waals surface area contributed by atoms with Crippen molar-refractivity contribution < 1.29 is 4.79 Å². The highest BCUT2D eigenvalue weighted by molar-refractivity contribution is 5.87. The Bertz CT molecular complexity index is 474. The molecule has 3 N–H and O–H groups in total. The highest BCUT2D eigenvalue weighted by Gasteiger charge is 2.32. The summed E-state index contributed by atoms with van der Waals surface area (Å²) in [6, 6.07) is 8.71. The summed E-state index contributed by atoms with van der Waals surface area (Å²) in [4.78, 5) is 12.6. The molecule has 1 aromatic rings. The summed E-state index contributed by atoms with van der Waals surface area (Å²) in [7, 11) is 0. The average molecular weight is 274 g/mol. The van der Waals surface area contributed by atoms with Crippen LogP contribution < -0.4 is 11.1 Å². The van der Waals surface area contributed by atoms with E-state index in [2.05, 4.69) is 18.3 Å². The van der Waals surface area contributed by atoms with E-state index >= 15 is 0 Å². The molecule has 0 aliphatic heterocycles. The maximum Gasteiger partial charge on any atom is 0.230 e. The van der Waals surface area contributed by atoms with Crippen molar-refractivity contribution in [3.63, 3.8) is 0 Å². The zero-order valence-corrected chi connectivity index (χ0v) is 12.8. The standard InChI is InChI=1S/C17H26N2O/c1-12-6-4-5-7-15(12)17(2,3)16(20)19-14-10-8-13(18)9-11-14/h4-7,13-14H,8-11,18H2,1-3H3,(H,19,20). The third-order valence-corrected chi connectivity index (χ3v) is 4.49. The van der Waals surface area contributed by atoms with Crippen molar-refractivity contribution in [2.45, 2.75) is 64.0 Å². The lowest BCUT2D eigenvalue weighted by Crippen LogP contribution is -2.47. The molecule has 1 fully saturated rings. The summed E-state index contributed by atoms with van der Waals surface area (Å²) in [6.07, 6.45) is 4.01. The van der Waals surface area contributed by atoms with Gasteiger partial charge in [0.25, 0.3) is 0 Å². The molecule has 0 radical (unpaired) electrons. The number of benzene rings is 1. The third kappa shape index (κ3) is 3.21. The Labute approximate surface area is 121 Å². The Balaban J connectivity index is 2.06. The number of hydrogen-bond acceptors (Lipinski definition) is 2. The number of amides is 1. The van der Waals surface area contributed by atoms with Crippen molar-refractivity contribution in [3.8, 4) is 0 Å². The Kier molecular flexibility index (Phi) is 4.48. The van der Waals surface area contributed by atoms with Crippen LogP contribution in [0.4, 0.5) is 0 Å². The molecule has 2 rings (SSSR count). The topological polar surface area (TPSA) is 55.1 Å². The molecule has 0 atom stereocenters. The van der Waals surface area contributed by atoms with Crippen molar-refractivity contribution >= 4 is 5.91 Å². The van der Waals surface area contributed by atoms with E-state index < -0.39 is 5.41 Å². The Morgan fingerprint density at radius 1 is 1.20 bits per heavy atom. The number of carbonyl (C=O) groups excluding carboxylic acids is 1. The van der Waals surface area contributed by atoms with Crippen LogP contribution in [-0.2, 0) is 10.2 Å². The minimum atomic E-state index is -0.495. The maximum atomic E-state index is 12.6. The SMILES string of the molecule is Cc1ccccc1C(C)(C)C(=O)NC1CCC(N)CC1. The number of carbonyl (C=O) groups is 1. The Hall–Kier alpha value is -1.35. The fraction of sp³-hybridized carbons (Fsp3) is 0.588. The van der Waals surface area contributed by atoms with Crippen LogP contribution >= 0.6 is 0 Å². The van der Waals surface area contributed by atoms with Crippen LogP contribution in [0.25, 0.3) is 0 Å². The summed E-state index contributed by atoms with van der Waals surface area (Å²) in [5.74, 6) is 0.118. The van der Waals surface area contributed by atoms with E-state index in [-0.39, 0.29) is 11.9 Å². The normalized spacial score (nSPS) is 23.4. The minimum absolute atomic E-state index is 0.118. The lowest BCUT2D eigenvalue weighted by Gasteiger charge is -2.32. The molecule has 1 aliphatic carbocycles. The number of nitrogens with two attached hydrogens (primary N) is 1. The molecule has 1 aromatic carbocycles. The molecule has 20 heavy (non-hydrogen) atoms. The van der Waals surface area contributed by atoms with Gasteiger partial charge in [0, 0.05) is 12.1 Å². The quantitative estimate of drug-likeness (QED) is 0.890. The minimum Gasteiger partial charge on any atom is -0.353 e. The van der Waals surface area contributed by atoms with Crippen molar-refractivity contribution in [3.05, 3.63) is 35.4 Å². The molecule has 0 saturated heterocycles. The largest absolute Gasteiger partial charge is 0.353 e. The molecule has 0 aromatic heterocycles. The molecule has 110 valence electrons. The second-order valence-electron chi connectivity index (χ2n) is 6.53. The van der Waals surface area contributed by atoms with Crippen molar-refractivity contribution in [2.24, 2.45) is 5.73 Å². The number of nitrogens with one attached hydrogen (secondary N) is 1. The van der Waals surface area contributed by atoms with Crippen LogP contribution in [-0.4, -0.2) is 18.0 Å². The van der Waals surface area contributed by atoms with Crippen LogP contribution in [0.5, 0.6) is 0 Å². The number of rotatable bonds is 3. The number of hydrogen-bond donors (Lipinski definition) is 2. The van der Waals surface area contributed by atoms with Crippen LogP contribution in [0.1, 0.15) is 50.7 Å². The summed E-state index contributed by atoms with van der Waals surface area (Å²) in [5.41, 5.74) is 7.68. The van der Waals surface area contributed by atoms with E-state index in [1.807, 2.05) is 32.0 Å². The van der Waals surface area contributed by atoms with Gasteiger partial charge in [-0.3, -0.25) is 4.79 Å². The van der Waals surface area contributed by atoms with E-state index in [0.29, 0.717) is 6.04 Å². The first-order chi connectivity index (χ1) is 9.41. The highest BCUT2D eigenvalue weighted by atomic mass is 16.2. The van der Waals surface area contributed by atoms with Crippen LogP contribution in [0.2, 0.25) is 0 Å². The Morgan fingerprint density at radius 3 is 2.40 bits per heavy atom. The zero-order chi connectivity index (χ0) is 14.8. The van der Waals surface area contributed by atoms with Gasteiger partial charge in [-0.15, -0.1) is 0 Å². The molecule has 0 spiro atoms. The van der Waals surface area contributed by atoms with E-state index in [1.165, 1.54) is 5.56 Å². The average Bonchev–Trinajstić information content (AvgIpc) is 2.41. The first-order valence-corrected chi connectivity index (χ1v) is 7.54. The van der Waals surface area contributed by atoms with Gasteiger partial charge in [-0.25, -0.2) is 0 Å². The van der Waals surface area contributed by atoms with Gasteiger partial charge in [-0.1, -0.05) is 24.3 Å². The van der Waals surface area contributed by atoms with Gasteiger partial charge in [0.15, 0.2) is 0 Å². The van der Waals surface area contributed by atoms with Gasteiger partial charge in [0.2, 0.25) is 5.91 Å². The second-order valence-corrected chi connectivity index (χ2v) is 6.53. The second kappa shape index (κ2) is 5.96. The van der Waals surface area contributed by atoms with E-state index in [4.69, 9.17) is 5.73 Å². The molecule has 0 heterocycles. The van der Waals surface area contributed by atoms with Crippen molar-refractivity contribution in [1.82, 2.24) is 5.32 Å². The maximum absolute atomic E-state index is 12.6. The molecule has 3 heteroatoms. The monoisotopic (exact) mass is 274 g/mol. The van der Waals surface area contributed by atoms with Crippen LogP contribution in [0, 0.1) is 6.92 Å². The molecular formula is C17H26N2O. The summed E-state index contributed by atoms with van der Waals surface area (Å²) >= 11 is 0. The van der Waals surface area contributed by atoms with Crippen molar-refractivity contribution in [1.29, 1.82) is 0 Å². The lowest BCUT2D eigenvalue weighted by molar-refractivity contribution is -0.126. The summed E-state index contributed by atoms with van der Waals surface area (Å²) in [6.45, 7) is 6.06. The zero-order valence-electron chi connectivity index (χ0n) is 12.8. The molecule has 3 nitrogen and oxygen atoms in total. The lowest BCUT2D eigenvalue weighted by atomic mass is 9.80. The molecular weight excluding hydrogens is 248 g/mol. The van der Waals surface area contributed by atoms with Gasteiger partial charge in [-0.2, -0.15) is 0 Å². The predicted octanol–water partition coefficient (Wildman–Crippen LogP) is 2.66. The fourth-order valence-electron chi connectivity index (χ4n) is 3.03. The third-order valence-electron chi connectivity index (χ3n) is 4.49. The summed E-state index contributed by atoms with van der Waals surface area (Å²) < 4.78 is 0. The van der Waals surface area contributed by atoms with Crippen molar-refractivity contribution in [2.75, 3.05) is 0 Å². The Morgan fingerprint density at radius 2 is 1.80 bits per heavy atom. The fourth-order valence-corrected chi connectivity index (χ4v) is 3.03. The number of aryl methyl sites for hydroxylation is 1. The molecule has 0 bridgehead atoms. The van der Waals surface area contributed by atoms with E-state index in [0.717, 1.165) is 31.2 Å². The first kappa shape index (κ1) is 15.0. The van der Waals surface area contributed by atoms with Gasteiger partial charge >= 0.3 is 0 Å². The smallest absolute Gasteiger partial charge is 0.230 e. The van der Waals surface area contributed by atoms with Gasteiger partial charge in [0.05, 0.1) is 5.41 Å². The van der Waals surface area contributed by atoms with Crippen LogP contribution in [0.15, 0.2) is 24.3 Å². The first-order valence-electron chi connectivity index (χ1n) is 7.54. The van der Waals surface area contributed by atoms with E-state index in [1.54, 1.807) is 0 Å². The van der Waals surface area contributed by atoms with Gasteiger partial charge in [-0.05, 0) is 57.6 Å². The molecule has 1 amide bonds. The highest BCUT2D eigenvalue weighted by Crippen LogP contribution is 2.27. The molecule has 1 saturated carbocycles. The van der Waals surface area contributed by atoms with Crippen LogP contribution in [0.3, 0.4) is 0 Å².